The third-order valence-electron chi connectivity index (χ3n) is 3.46. The molecule has 2 aliphatic heterocycles. The summed E-state index contributed by atoms with van der Waals surface area (Å²) in [5, 5.41) is 5.23. The van der Waals surface area contributed by atoms with Gasteiger partial charge in [-0.25, -0.2) is 10.0 Å². The number of hydrazine groups is 1. The molecule has 2 heteroatoms. The maximum absolute atomic E-state index is 2.63. The van der Waals surface area contributed by atoms with Crippen LogP contribution >= 0.6 is 0 Å². The molecule has 2 heterocycles. The van der Waals surface area contributed by atoms with Crippen molar-refractivity contribution in [2.75, 3.05) is 19.6 Å². The minimum atomic E-state index is 0.798. The van der Waals surface area contributed by atoms with Crippen LogP contribution in [0.3, 0.4) is 0 Å². The Morgan fingerprint density at radius 2 is 1.54 bits per heavy atom. The number of rotatable bonds is 1. The van der Waals surface area contributed by atoms with Gasteiger partial charge in [-0.15, -0.1) is 0 Å². The number of nitrogens with zero attached hydrogens (tertiary/aromatic N) is 2. The van der Waals surface area contributed by atoms with Gasteiger partial charge < -0.3 is 0 Å². The molecular formula is C11H22N2. The lowest BCUT2D eigenvalue weighted by atomic mass is 10.1. The van der Waals surface area contributed by atoms with Crippen molar-refractivity contribution in [3.63, 3.8) is 0 Å². The lowest BCUT2D eigenvalue weighted by Crippen LogP contribution is -2.51. The Labute approximate surface area is 81.9 Å². The maximum atomic E-state index is 2.63. The molecule has 1 atom stereocenters. The summed E-state index contributed by atoms with van der Waals surface area (Å²) in [5.41, 5.74) is 0. The Bertz CT molecular complexity index is 152. The molecule has 76 valence electrons. The van der Waals surface area contributed by atoms with E-state index in [0.717, 1.165) is 6.04 Å². The molecule has 0 aromatic heterocycles. The van der Waals surface area contributed by atoms with Crippen LogP contribution in [0.5, 0.6) is 0 Å². The average molecular weight is 182 g/mol. The lowest BCUT2D eigenvalue weighted by Gasteiger charge is -2.43. The zero-order valence-corrected chi connectivity index (χ0v) is 8.84. The summed E-state index contributed by atoms with van der Waals surface area (Å²) in [4.78, 5) is 0. The highest BCUT2D eigenvalue weighted by Crippen LogP contribution is 2.21. The topological polar surface area (TPSA) is 6.48 Å². The Morgan fingerprint density at radius 3 is 2.23 bits per heavy atom. The standard InChI is InChI=1S/C11H22N2/c1-11-7-3-6-10-13(11)12-8-4-2-5-9-12/h11H,2-10H2,1H3. The first-order valence-corrected chi connectivity index (χ1v) is 5.89. The highest BCUT2D eigenvalue weighted by Gasteiger charge is 2.24. The van der Waals surface area contributed by atoms with Crippen LogP contribution < -0.4 is 0 Å². The smallest absolute Gasteiger partial charge is 0.0217 e. The van der Waals surface area contributed by atoms with E-state index in [1.54, 1.807) is 0 Å². The average Bonchev–Trinajstić information content (AvgIpc) is 2.20. The van der Waals surface area contributed by atoms with Crippen LogP contribution in [0.25, 0.3) is 0 Å². The van der Waals surface area contributed by atoms with Gasteiger partial charge in [-0.2, -0.15) is 0 Å². The molecule has 0 bridgehead atoms. The minimum Gasteiger partial charge on any atom is -0.242 e. The van der Waals surface area contributed by atoms with E-state index in [1.165, 1.54) is 58.2 Å². The number of piperidine rings is 2. The third kappa shape index (κ3) is 2.23. The van der Waals surface area contributed by atoms with Crippen LogP contribution in [-0.4, -0.2) is 35.7 Å². The van der Waals surface area contributed by atoms with Crippen LogP contribution in [0.2, 0.25) is 0 Å². The second-order valence-corrected chi connectivity index (χ2v) is 4.52. The summed E-state index contributed by atoms with van der Waals surface area (Å²) in [6, 6.07) is 0.798. The van der Waals surface area contributed by atoms with Crippen LogP contribution in [0.1, 0.15) is 45.4 Å². The Balaban J connectivity index is 1.88. The Kier molecular flexibility index (Phi) is 3.23. The molecule has 0 saturated carbocycles. The molecule has 2 fully saturated rings. The summed E-state index contributed by atoms with van der Waals surface area (Å²) in [6.45, 7) is 6.31. The minimum absolute atomic E-state index is 0.798. The molecule has 0 spiro atoms. The maximum Gasteiger partial charge on any atom is 0.0217 e. The van der Waals surface area contributed by atoms with E-state index in [0.29, 0.717) is 0 Å². The Morgan fingerprint density at radius 1 is 0.846 bits per heavy atom. The normalized spacial score (nSPS) is 33.5. The first-order chi connectivity index (χ1) is 6.38. The van der Waals surface area contributed by atoms with Crippen molar-refractivity contribution >= 4 is 0 Å². The van der Waals surface area contributed by atoms with Gasteiger partial charge in [0.15, 0.2) is 0 Å². The van der Waals surface area contributed by atoms with E-state index in [9.17, 15) is 0 Å². The fourth-order valence-electron chi connectivity index (χ4n) is 2.64. The van der Waals surface area contributed by atoms with Gasteiger partial charge in [-0.3, -0.25) is 0 Å². The van der Waals surface area contributed by atoms with Crippen molar-refractivity contribution in [1.29, 1.82) is 0 Å². The van der Waals surface area contributed by atoms with Gasteiger partial charge in [0.25, 0.3) is 0 Å². The van der Waals surface area contributed by atoms with Crippen LogP contribution in [0, 0.1) is 0 Å². The van der Waals surface area contributed by atoms with Crippen molar-refractivity contribution in [2.24, 2.45) is 0 Å². The summed E-state index contributed by atoms with van der Waals surface area (Å²) < 4.78 is 0. The van der Waals surface area contributed by atoms with Gasteiger partial charge in [0.05, 0.1) is 0 Å². The summed E-state index contributed by atoms with van der Waals surface area (Å²) in [5.74, 6) is 0. The fourth-order valence-corrected chi connectivity index (χ4v) is 2.64. The molecule has 1 unspecified atom stereocenters. The van der Waals surface area contributed by atoms with Gasteiger partial charge >= 0.3 is 0 Å². The number of hydrogen-bond acceptors (Lipinski definition) is 2. The molecule has 13 heavy (non-hydrogen) atoms. The molecule has 0 aromatic carbocycles. The van der Waals surface area contributed by atoms with Crippen LogP contribution in [0.4, 0.5) is 0 Å². The molecule has 0 N–H and O–H groups in total. The Hall–Kier alpha value is -0.0800. The monoisotopic (exact) mass is 182 g/mol. The summed E-state index contributed by atoms with van der Waals surface area (Å²) in [7, 11) is 0. The van der Waals surface area contributed by atoms with Crippen LogP contribution in [0.15, 0.2) is 0 Å². The summed E-state index contributed by atoms with van der Waals surface area (Å²) in [6.07, 6.45) is 8.49. The third-order valence-corrected chi connectivity index (χ3v) is 3.46. The lowest BCUT2D eigenvalue weighted by molar-refractivity contribution is -0.0830. The first kappa shape index (κ1) is 9.47. The van der Waals surface area contributed by atoms with Crippen molar-refractivity contribution < 1.29 is 0 Å². The molecule has 2 nitrogen and oxygen atoms in total. The highest BCUT2D eigenvalue weighted by atomic mass is 15.6. The second-order valence-electron chi connectivity index (χ2n) is 4.52. The van der Waals surface area contributed by atoms with E-state index in [1.807, 2.05) is 0 Å². The zero-order valence-electron chi connectivity index (χ0n) is 8.84. The molecule has 0 radical (unpaired) electrons. The molecular weight excluding hydrogens is 160 g/mol. The van der Waals surface area contributed by atoms with E-state index >= 15 is 0 Å². The SMILES string of the molecule is CC1CCCCN1N1CCCCC1. The van der Waals surface area contributed by atoms with Crippen molar-refractivity contribution in [2.45, 2.75) is 51.5 Å². The van der Waals surface area contributed by atoms with Crippen LogP contribution in [-0.2, 0) is 0 Å². The quantitative estimate of drug-likeness (QED) is 0.614. The van der Waals surface area contributed by atoms with Gasteiger partial charge in [0.1, 0.15) is 0 Å². The molecule has 2 aliphatic rings. The molecule has 2 rings (SSSR count). The van der Waals surface area contributed by atoms with Gasteiger partial charge in [0.2, 0.25) is 0 Å². The predicted octanol–water partition coefficient (Wildman–Crippen LogP) is 2.26. The van der Waals surface area contributed by atoms with Crippen molar-refractivity contribution in [3.05, 3.63) is 0 Å². The van der Waals surface area contributed by atoms with E-state index < -0.39 is 0 Å². The van der Waals surface area contributed by atoms with E-state index in [2.05, 4.69) is 16.9 Å². The zero-order chi connectivity index (χ0) is 9.10. The molecule has 0 aromatic rings. The molecule has 0 amide bonds. The fraction of sp³-hybridized carbons (Fsp3) is 1.00. The predicted molar refractivity (Wildman–Crippen MR) is 55.4 cm³/mol. The van der Waals surface area contributed by atoms with Gasteiger partial charge in [0, 0.05) is 25.7 Å². The molecule has 2 saturated heterocycles. The van der Waals surface area contributed by atoms with Crippen molar-refractivity contribution in [1.82, 2.24) is 10.0 Å². The van der Waals surface area contributed by atoms with Crippen molar-refractivity contribution in [3.8, 4) is 0 Å². The highest BCUT2D eigenvalue weighted by molar-refractivity contribution is 4.73. The van der Waals surface area contributed by atoms with Gasteiger partial charge in [-0.1, -0.05) is 12.8 Å². The number of hydrogen-bond donors (Lipinski definition) is 0. The van der Waals surface area contributed by atoms with Gasteiger partial charge in [-0.05, 0) is 32.6 Å². The van der Waals surface area contributed by atoms with E-state index in [4.69, 9.17) is 0 Å². The second kappa shape index (κ2) is 4.43. The largest absolute Gasteiger partial charge is 0.242 e. The summed E-state index contributed by atoms with van der Waals surface area (Å²) >= 11 is 0. The van der Waals surface area contributed by atoms with E-state index in [-0.39, 0.29) is 0 Å². The first-order valence-electron chi connectivity index (χ1n) is 5.89. The molecule has 0 aliphatic carbocycles.